The molecule has 1 heterocycles. The summed E-state index contributed by atoms with van der Waals surface area (Å²) in [6.07, 6.45) is 0. The molecule has 0 saturated heterocycles. The summed E-state index contributed by atoms with van der Waals surface area (Å²) < 4.78 is 6.47. The maximum Gasteiger partial charge on any atom is 0.272 e. The van der Waals surface area contributed by atoms with Crippen LogP contribution in [0.5, 0.6) is 5.75 Å². The predicted molar refractivity (Wildman–Crippen MR) is 67.4 cm³/mol. The highest BCUT2D eigenvalue weighted by atomic mass is 16.5. The lowest BCUT2D eigenvalue weighted by Gasteiger charge is -2.09. The zero-order valence-corrected chi connectivity index (χ0v) is 10.3. The maximum absolute atomic E-state index is 11.6. The number of aliphatic hydroxyl groups excluding tert-OH is 1. The fourth-order valence-electron chi connectivity index (χ4n) is 1.77. The molecule has 1 aromatic heterocycles. The van der Waals surface area contributed by atoms with Crippen molar-refractivity contribution in [1.29, 1.82) is 0 Å². The van der Waals surface area contributed by atoms with Crippen LogP contribution in [-0.4, -0.2) is 22.0 Å². The summed E-state index contributed by atoms with van der Waals surface area (Å²) in [4.78, 5) is 11.6. The Hall–Kier alpha value is -2.14. The summed E-state index contributed by atoms with van der Waals surface area (Å²) >= 11 is 0. The fraction of sp³-hybridized carbons (Fsp3) is 0.231. The number of nitrogens with zero attached hydrogens (tertiary/aromatic N) is 2. The number of hydrogen-bond donors (Lipinski definition) is 1. The van der Waals surface area contributed by atoms with Gasteiger partial charge in [0, 0.05) is 18.2 Å². The summed E-state index contributed by atoms with van der Waals surface area (Å²) in [7, 11) is 3.13. The molecule has 18 heavy (non-hydrogen) atoms. The first kappa shape index (κ1) is 12.3. The zero-order chi connectivity index (χ0) is 13.1. The van der Waals surface area contributed by atoms with Crippen LogP contribution in [0.25, 0.3) is 11.3 Å². The van der Waals surface area contributed by atoms with Crippen molar-refractivity contribution in [1.82, 2.24) is 9.78 Å². The van der Waals surface area contributed by atoms with Crippen molar-refractivity contribution >= 4 is 0 Å². The van der Waals surface area contributed by atoms with Crippen LogP contribution in [0.2, 0.25) is 0 Å². The Morgan fingerprint density at radius 3 is 2.78 bits per heavy atom. The first-order chi connectivity index (χ1) is 8.67. The van der Waals surface area contributed by atoms with Crippen molar-refractivity contribution in [3.05, 3.63) is 46.2 Å². The molecule has 0 unspecified atom stereocenters. The zero-order valence-electron chi connectivity index (χ0n) is 10.3. The lowest BCUT2D eigenvalue weighted by Crippen LogP contribution is -2.23. The smallest absolute Gasteiger partial charge is 0.272 e. The number of hydrogen-bond acceptors (Lipinski definition) is 4. The van der Waals surface area contributed by atoms with Gasteiger partial charge in [-0.2, -0.15) is 5.10 Å². The third-order valence-electron chi connectivity index (χ3n) is 2.69. The molecule has 5 heteroatoms. The Bertz CT molecular complexity index is 620. The summed E-state index contributed by atoms with van der Waals surface area (Å²) in [6.45, 7) is -0.308. The Morgan fingerprint density at radius 1 is 1.39 bits per heavy atom. The Labute approximate surface area is 104 Å². The molecule has 0 radical (unpaired) electrons. The van der Waals surface area contributed by atoms with Gasteiger partial charge in [-0.15, -0.1) is 0 Å². The molecule has 0 aliphatic rings. The van der Waals surface area contributed by atoms with E-state index in [1.807, 2.05) is 24.3 Å². The molecule has 1 aromatic carbocycles. The molecule has 1 N–H and O–H groups in total. The number of methoxy groups -OCH3 is 1. The molecule has 0 saturated carbocycles. The van der Waals surface area contributed by atoms with E-state index in [9.17, 15) is 4.79 Å². The molecule has 0 amide bonds. The third kappa shape index (κ3) is 2.12. The average Bonchev–Trinajstić information content (AvgIpc) is 2.41. The second kappa shape index (κ2) is 5.01. The van der Waals surface area contributed by atoms with Crippen molar-refractivity contribution in [2.24, 2.45) is 7.05 Å². The van der Waals surface area contributed by atoms with Crippen LogP contribution in [0, 0.1) is 0 Å². The van der Waals surface area contributed by atoms with E-state index >= 15 is 0 Å². The lowest BCUT2D eigenvalue weighted by molar-refractivity contribution is 0.278. The van der Waals surface area contributed by atoms with Crippen LogP contribution in [0.3, 0.4) is 0 Å². The second-order valence-corrected chi connectivity index (χ2v) is 3.84. The van der Waals surface area contributed by atoms with Gasteiger partial charge in [-0.3, -0.25) is 4.79 Å². The minimum atomic E-state index is -0.308. The van der Waals surface area contributed by atoms with Crippen molar-refractivity contribution in [2.45, 2.75) is 6.61 Å². The van der Waals surface area contributed by atoms with E-state index in [-0.39, 0.29) is 12.2 Å². The monoisotopic (exact) mass is 246 g/mol. The molecular weight excluding hydrogens is 232 g/mol. The highest BCUT2D eigenvalue weighted by Crippen LogP contribution is 2.27. The first-order valence-corrected chi connectivity index (χ1v) is 5.49. The molecule has 0 bridgehead atoms. The second-order valence-electron chi connectivity index (χ2n) is 3.84. The highest BCUT2D eigenvalue weighted by Gasteiger charge is 2.10. The lowest BCUT2D eigenvalue weighted by atomic mass is 10.1. The minimum absolute atomic E-state index is 0.295. The maximum atomic E-state index is 11.6. The van der Waals surface area contributed by atoms with Gasteiger partial charge in [0.2, 0.25) is 0 Å². The van der Waals surface area contributed by atoms with Gasteiger partial charge in [0.1, 0.15) is 5.75 Å². The number of aryl methyl sites for hydroxylation is 1. The van der Waals surface area contributed by atoms with Gasteiger partial charge in [0.15, 0.2) is 0 Å². The molecule has 0 aliphatic heterocycles. The SMILES string of the molecule is COc1ccccc1-c1cc(CO)c(=O)n(C)n1. The molecular formula is C13H14N2O3. The largest absolute Gasteiger partial charge is 0.496 e. The molecule has 2 rings (SSSR count). The van der Waals surface area contributed by atoms with E-state index in [4.69, 9.17) is 9.84 Å². The Morgan fingerprint density at radius 2 is 2.11 bits per heavy atom. The van der Waals surface area contributed by atoms with Gasteiger partial charge in [-0.05, 0) is 18.2 Å². The van der Waals surface area contributed by atoms with Gasteiger partial charge < -0.3 is 9.84 Å². The summed E-state index contributed by atoms with van der Waals surface area (Å²) in [5.74, 6) is 0.674. The predicted octanol–water partition coefficient (Wildman–Crippen LogP) is 0.948. The van der Waals surface area contributed by atoms with Crippen LogP contribution >= 0.6 is 0 Å². The molecule has 0 aliphatic carbocycles. The van der Waals surface area contributed by atoms with Crippen LogP contribution in [0.1, 0.15) is 5.56 Å². The number of rotatable bonds is 3. The van der Waals surface area contributed by atoms with E-state index in [1.54, 1.807) is 20.2 Å². The van der Waals surface area contributed by atoms with Gasteiger partial charge in [0.25, 0.3) is 5.56 Å². The minimum Gasteiger partial charge on any atom is -0.496 e. The number of aliphatic hydroxyl groups is 1. The number of aromatic nitrogens is 2. The first-order valence-electron chi connectivity index (χ1n) is 5.49. The van der Waals surface area contributed by atoms with Gasteiger partial charge in [-0.1, -0.05) is 12.1 Å². The normalized spacial score (nSPS) is 10.4. The third-order valence-corrected chi connectivity index (χ3v) is 2.69. The van der Waals surface area contributed by atoms with Crippen LogP contribution in [-0.2, 0) is 13.7 Å². The van der Waals surface area contributed by atoms with Crippen molar-refractivity contribution in [3.63, 3.8) is 0 Å². The molecule has 2 aromatic rings. The Balaban J connectivity index is 2.64. The quantitative estimate of drug-likeness (QED) is 0.875. The number of benzene rings is 1. The van der Waals surface area contributed by atoms with Gasteiger partial charge >= 0.3 is 0 Å². The van der Waals surface area contributed by atoms with E-state index in [0.29, 0.717) is 17.0 Å². The van der Waals surface area contributed by atoms with Gasteiger partial charge in [-0.25, -0.2) is 4.68 Å². The fourth-order valence-corrected chi connectivity index (χ4v) is 1.77. The van der Waals surface area contributed by atoms with E-state index in [0.717, 1.165) is 5.56 Å². The van der Waals surface area contributed by atoms with Crippen molar-refractivity contribution < 1.29 is 9.84 Å². The summed E-state index contributed by atoms with van der Waals surface area (Å²) in [5.41, 5.74) is 1.40. The molecule has 5 nitrogen and oxygen atoms in total. The molecule has 0 atom stereocenters. The van der Waals surface area contributed by atoms with E-state index in [1.165, 1.54) is 4.68 Å². The average molecular weight is 246 g/mol. The highest BCUT2D eigenvalue weighted by molar-refractivity contribution is 5.67. The number of para-hydroxylation sites is 1. The standard InChI is InChI=1S/C13H14N2O3/c1-15-13(17)9(8-16)7-11(14-15)10-5-3-4-6-12(10)18-2/h3-7,16H,8H2,1-2H3. The van der Waals surface area contributed by atoms with Crippen LogP contribution in [0.4, 0.5) is 0 Å². The van der Waals surface area contributed by atoms with E-state index < -0.39 is 0 Å². The summed E-state index contributed by atoms with van der Waals surface area (Å²) in [5, 5.41) is 13.3. The van der Waals surface area contributed by atoms with Crippen molar-refractivity contribution in [2.75, 3.05) is 7.11 Å². The number of ether oxygens (including phenoxy) is 1. The summed E-state index contributed by atoms with van der Waals surface area (Å²) in [6, 6.07) is 8.98. The molecule has 94 valence electrons. The molecule has 0 fully saturated rings. The van der Waals surface area contributed by atoms with Gasteiger partial charge in [0.05, 0.1) is 19.4 Å². The van der Waals surface area contributed by atoms with Crippen LogP contribution in [0.15, 0.2) is 35.1 Å². The molecule has 0 spiro atoms. The topological polar surface area (TPSA) is 64.3 Å². The van der Waals surface area contributed by atoms with E-state index in [2.05, 4.69) is 5.10 Å². The Kier molecular flexibility index (Phi) is 3.43. The van der Waals surface area contributed by atoms with Crippen molar-refractivity contribution in [3.8, 4) is 17.0 Å². The van der Waals surface area contributed by atoms with Crippen LogP contribution < -0.4 is 10.3 Å².